The number of hydroxylamine groups is 2. The molecule has 0 saturated carbocycles. The van der Waals surface area contributed by atoms with Gasteiger partial charge in [-0.05, 0) is 0 Å². The van der Waals surface area contributed by atoms with E-state index in [1.807, 2.05) is 0 Å². The lowest BCUT2D eigenvalue weighted by Crippen LogP contribution is -2.55. The molecule has 2 saturated heterocycles. The summed E-state index contributed by atoms with van der Waals surface area (Å²) in [5.74, 6) is -5.52. The smallest absolute Gasteiger partial charge is 0.372 e. The van der Waals surface area contributed by atoms with Crippen molar-refractivity contribution in [1.82, 2.24) is 15.4 Å². The minimum Gasteiger partial charge on any atom is -0.477 e. The average molecular weight is 504 g/mol. The molecule has 2 fully saturated rings. The summed E-state index contributed by atoms with van der Waals surface area (Å²) in [6.07, 6.45) is -0.443. The normalized spacial score (nSPS) is 22.8. The van der Waals surface area contributed by atoms with Crippen LogP contribution in [0.5, 0.6) is 0 Å². The molecule has 14 nitrogen and oxygen atoms in total. The number of esters is 1. The topological polar surface area (TPSA) is 186 Å². The van der Waals surface area contributed by atoms with Crippen LogP contribution >= 0.6 is 22.9 Å². The van der Waals surface area contributed by atoms with E-state index in [4.69, 9.17) is 21.2 Å². The number of hydrogen-bond donors (Lipinski definition) is 3. The second-order valence-corrected chi connectivity index (χ2v) is 7.87. The second-order valence-electron chi connectivity index (χ2n) is 6.74. The summed E-state index contributed by atoms with van der Waals surface area (Å²) in [6, 6.07) is 0. The van der Waals surface area contributed by atoms with Gasteiger partial charge < -0.3 is 25.3 Å². The van der Waals surface area contributed by atoms with E-state index in [0.29, 0.717) is 5.06 Å². The number of aliphatic carboxylic acids is 1. The predicted octanol–water partition coefficient (Wildman–Crippen LogP) is -0.705. The third-order valence-electron chi connectivity index (χ3n) is 4.59. The SMILES string of the molecule is CON=C(C(=O)NCC1CON(C2(C(=O)O)CCC(=O)O2)C1=O)c1csc(NC(=O)CCl)n1. The summed E-state index contributed by atoms with van der Waals surface area (Å²) in [4.78, 5) is 73.9. The summed E-state index contributed by atoms with van der Waals surface area (Å²) in [5.41, 5.74) is -2.36. The Morgan fingerprint density at radius 3 is 2.82 bits per heavy atom. The number of nitrogens with zero attached hydrogens (tertiary/aromatic N) is 3. The van der Waals surface area contributed by atoms with Crippen molar-refractivity contribution in [3.05, 3.63) is 11.1 Å². The molecule has 2 aliphatic heterocycles. The number of hydrogen-bond acceptors (Lipinski definition) is 11. The molecule has 33 heavy (non-hydrogen) atoms. The van der Waals surface area contributed by atoms with Crippen molar-refractivity contribution in [2.24, 2.45) is 11.1 Å². The van der Waals surface area contributed by atoms with Crippen LogP contribution in [-0.4, -0.2) is 82.4 Å². The molecule has 3 N–H and O–H groups in total. The Kier molecular flexibility index (Phi) is 7.45. The number of carbonyl (C=O) groups is 5. The zero-order valence-electron chi connectivity index (χ0n) is 17.0. The number of alkyl halides is 1. The van der Waals surface area contributed by atoms with Crippen LogP contribution in [-0.2, 0) is 38.4 Å². The van der Waals surface area contributed by atoms with E-state index in [2.05, 4.69) is 25.6 Å². The van der Waals surface area contributed by atoms with Crippen LogP contribution in [0, 0.1) is 5.92 Å². The van der Waals surface area contributed by atoms with Gasteiger partial charge in [0.1, 0.15) is 18.7 Å². The molecule has 0 spiro atoms. The molecule has 0 bridgehead atoms. The molecule has 3 rings (SSSR count). The highest BCUT2D eigenvalue weighted by Crippen LogP contribution is 2.35. The number of amides is 3. The van der Waals surface area contributed by atoms with Gasteiger partial charge in [0, 0.05) is 18.3 Å². The van der Waals surface area contributed by atoms with Crippen molar-refractivity contribution >= 4 is 63.4 Å². The minimum absolute atomic E-state index is 0.0996. The summed E-state index contributed by atoms with van der Waals surface area (Å²) in [6.45, 7) is -0.478. The van der Waals surface area contributed by atoms with E-state index in [9.17, 15) is 29.1 Å². The summed E-state index contributed by atoms with van der Waals surface area (Å²) in [7, 11) is 1.22. The van der Waals surface area contributed by atoms with Gasteiger partial charge in [0.15, 0.2) is 10.8 Å². The fourth-order valence-electron chi connectivity index (χ4n) is 3.02. The minimum atomic E-state index is -2.24. The Hall–Kier alpha value is -3.30. The van der Waals surface area contributed by atoms with Gasteiger partial charge in [-0.15, -0.1) is 22.9 Å². The first-order valence-corrected chi connectivity index (χ1v) is 10.8. The number of anilines is 1. The number of nitrogens with one attached hydrogen (secondary N) is 2. The first-order valence-electron chi connectivity index (χ1n) is 9.35. The molecule has 0 radical (unpaired) electrons. The van der Waals surface area contributed by atoms with Gasteiger partial charge in [-0.25, -0.2) is 9.78 Å². The second kappa shape index (κ2) is 10.1. The van der Waals surface area contributed by atoms with Gasteiger partial charge in [0.2, 0.25) is 5.91 Å². The molecule has 0 aliphatic carbocycles. The average Bonchev–Trinajstić information content (AvgIpc) is 3.49. The molecule has 2 unspecified atom stereocenters. The number of thiazole rings is 1. The van der Waals surface area contributed by atoms with Crippen LogP contribution in [0.3, 0.4) is 0 Å². The molecule has 2 atom stereocenters. The number of aromatic nitrogens is 1. The lowest BCUT2D eigenvalue weighted by atomic mass is 10.1. The third-order valence-corrected chi connectivity index (χ3v) is 5.59. The maximum absolute atomic E-state index is 12.7. The molecule has 3 heterocycles. The molecule has 3 amide bonds. The van der Waals surface area contributed by atoms with E-state index < -0.39 is 41.3 Å². The van der Waals surface area contributed by atoms with Crippen LogP contribution in [0.2, 0.25) is 0 Å². The van der Waals surface area contributed by atoms with Crippen molar-refractivity contribution in [1.29, 1.82) is 0 Å². The van der Waals surface area contributed by atoms with Gasteiger partial charge in [-0.2, -0.15) is 5.06 Å². The van der Waals surface area contributed by atoms with Crippen LogP contribution in [0.1, 0.15) is 18.5 Å². The van der Waals surface area contributed by atoms with Crippen molar-refractivity contribution < 1.29 is 43.5 Å². The van der Waals surface area contributed by atoms with E-state index in [0.717, 1.165) is 11.3 Å². The van der Waals surface area contributed by atoms with E-state index in [1.165, 1.54) is 12.5 Å². The zero-order chi connectivity index (χ0) is 24.2. The molecular weight excluding hydrogens is 486 g/mol. The highest BCUT2D eigenvalue weighted by Gasteiger charge is 2.58. The van der Waals surface area contributed by atoms with Gasteiger partial charge in [-0.3, -0.25) is 24.0 Å². The fraction of sp³-hybridized carbons (Fsp3) is 0.471. The number of oxime groups is 1. The lowest BCUT2D eigenvalue weighted by molar-refractivity contribution is -0.256. The maximum atomic E-state index is 12.7. The van der Waals surface area contributed by atoms with Crippen LogP contribution in [0.15, 0.2) is 10.5 Å². The van der Waals surface area contributed by atoms with Gasteiger partial charge in [0.05, 0.1) is 18.9 Å². The number of cyclic esters (lactones) is 1. The molecule has 1 aromatic rings. The number of halogens is 1. The summed E-state index contributed by atoms with van der Waals surface area (Å²) < 4.78 is 4.88. The van der Waals surface area contributed by atoms with Crippen molar-refractivity contribution in [2.45, 2.75) is 18.6 Å². The van der Waals surface area contributed by atoms with Crippen LogP contribution < -0.4 is 10.6 Å². The summed E-state index contributed by atoms with van der Waals surface area (Å²) >= 11 is 6.46. The zero-order valence-corrected chi connectivity index (χ0v) is 18.6. The van der Waals surface area contributed by atoms with Crippen molar-refractivity contribution in [3.8, 4) is 0 Å². The van der Waals surface area contributed by atoms with Crippen molar-refractivity contribution in [2.75, 3.05) is 31.5 Å². The Morgan fingerprint density at radius 2 is 2.21 bits per heavy atom. The standard InChI is InChI=1S/C17H18ClN5O9S/c1-30-22-12(9-7-33-16(20-9)21-10(24)4-18)13(26)19-5-8-6-31-23(14(8)27)17(15(28)29)3-2-11(25)32-17/h7-8H,2-6H2,1H3,(H,19,26)(H,28,29)(H,20,21,24). The highest BCUT2D eigenvalue weighted by atomic mass is 35.5. The van der Waals surface area contributed by atoms with Crippen molar-refractivity contribution in [3.63, 3.8) is 0 Å². The number of carbonyl (C=O) groups excluding carboxylic acids is 4. The quantitative estimate of drug-likeness (QED) is 0.168. The first kappa shape index (κ1) is 24.3. The molecular formula is C17H18ClN5O9S. The monoisotopic (exact) mass is 503 g/mol. The molecule has 1 aromatic heterocycles. The Morgan fingerprint density at radius 1 is 1.45 bits per heavy atom. The Balaban J connectivity index is 1.65. The highest BCUT2D eigenvalue weighted by molar-refractivity contribution is 7.14. The predicted molar refractivity (Wildman–Crippen MR) is 110 cm³/mol. The van der Waals surface area contributed by atoms with E-state index in [1.54, 1.807) is 0 Å². The molecule has 16 heteroatoms. The van der Waals surface area contributed by atoms with E-state index in [-0.39, 0.29) is 48.4 Å². The van der Waals surface area contributed by atoms with Crippen LogP contribution in [0.25, 0.3) is 0 Å². The number of rotatable bonds is 9. The maximum Gasteiger partial charge on any atom is 0.372 e. The third kappa shape index (κ3) is 5.04. The van der Waals surface area contributed by atoms with E-state index >= 15 is 0 Å². The van der Waals surface area contributed by atoms with Gasteiger partial charge >= 0.3 is 17.7 Å². The Labute approximate surface area is 194 Å². The summed E-state index contributed by atoms with van der Waals surface area (Å²) in [5, 5.41) is 20.2. The lowest BCUT2D eigenvalue weighted by Gasteiger charge is -2.30. The first-order chi connectivity index (χ1) is 15.7. The van der Waals surface area contributed by atoms with Gasteiger partial charge in [0.25, 0.3) is 11.8 Å². The number of carboxylic acid groups (broad SMARTS) is 1. The fourth-order valence-corrected chi connectivity index (χ4v) is 3.80. The molecule has 178 valence electrons. The largest absolute Gasteiger partial charge is 0.477 e. The number of carboxylic acids is 1. The number of ether oxygens (including phenoxy) is 1. The molecule has 0 aromatic carbocycles. The Bertz CT molecular complexity index is 1010. The van der Waals surface area contributed by atoms with Gasteiger partial charge in [-0.1, -0.05) is 5.16 Å². The molecule has 2 aliphatic rings. The van der Waals surface area contributed by atoms with Crippen LogP contribution in [0.4, 0.5) is 5.13 Å².